The largest absolute Gasteiger partial charge is 0.481 e. The van der Waals surface area contributed by atoms with Crippen molar-refractivity contribution >= 4 is 21.9 Å². The fourth-order valence-electron chi connectivity index (χ4n) is 1.16. The number of aliphatic hydroxyl groups is 1. The van der Waals surface area contributed by atoms with Crippen LogP contribution in [0, 0.1) is 6.92 Å². The van der Waals surface area contributed by atoms with Gasteiger partial charge in [0, 0.05) is 4.47 Å². The number of rotatable bonds is 3. The molecule has 1 aromatic rings. The SMILES string of the molecule is Cc1cc([C@H](O)CC(=O)O)ccc1Br. The zero-order valence-corrected chi connectivity index (χ0v) is 9.28. The van der Waals surface area contributed by atoms with Gasteiger partial charge in [0.05, 0.1) is 12.5 Å². The maximum atomic E-state index is 10.4. The lowest BCUT2D eigenvalue weighted by Crippen LogP contribution is -2.05. The van der Waals surface area contributed by atoms with Crippen LogP contribution in [0.15, 0.2) is 22.7 Å². The Morgan fingerprint density at radius 1 is 1.57 bits per heavy atom. The molecule has 4 heteroatoms. The molecule has 0 saturated heterocycles. The molecule has 0 aliphatic carbocycles. The van der Waals surface area contributed by atoms with Crippen LogP contribution in [0.2, 0.25) is 0 Å². The van der Waals surface area contributed by atoms with Crippen molar-refractivity contribution in [2.45, 2.75) is 19.4 Å². The molecule has 0 heterocycles. The molecule has 0 unspecified atom stereocenters. The second-order valence-corrected chi connectivity index (χ2v) is 3.98. The van der Waals surface area contributed by atoms with Crippen LogP contribution in [-0.2, 0) is 4.79 Å². The lowest BCUT2D eigenvalue weighted by molar-refractivity contribution is -0.139. The Balaban J connectivity index is 2.85. The van der Waals surface area contributed by atoms with E-state index in [0.29, 0.717) is 5.56 Å². The Labute approximate surface area is 90.5 Å². The van der Waals surface area contributed by atoms with Crippen molar-refractivity contribution in [1.29, 1.82) is 0 Å². The highest BCUT2D eigenvalue weighted by molar-refractivity contribution is 9.10. The van der Waals surface area contributed by atoms with Crippen molar-refractivity contribution in [3.8, 4) is 0 Å². The van der Waals surface area contributed by atoms with Crippen LogP contribution in [0.3, 0.4) is 0 Å². The summed E-state index contributed by atoms with van der Waals surface area (Å²) in [5, 5.41) is 18.0. The second kappa shape index (κ2) is 4.57. The van der Waals surface area contributed by atoms with E-state index < -0.39 is 12.1 Å². The van der Waals surface area contributed by atoms with Gasteiger partial charge < -0.3 is 10.2 Å². The Hall–Kier alpha value is -0.870. The minimum atomic E-state index is -1.00. The number of benzene rings is 1. The zero-order chi connectivity index (χ0) is 10.7. The zero-order valence-electron chi connectivity index (χ0n) is 7.70. The van der Waals surface area contributed by atoms with E-state index >= 15 is 0 Å². The van der Waals surface area contributed by atoms with Crippen LogP contribution >= 0.6 is 15.9 Å². The van der Waals surface area contributed by atoms with Crippen LogP contribution in [0.25, 0.3) is 0 Å². The summed E-state index contributed by atoms with van der Waals surface area (Å²) in [7, 11) is 0. The van der Waals surface area contributed by atoms with E-state index in [1.807, 2.05) is 6.92 Å². The molecular weight excluding hydrogens is 248 g/mol. The lowest BCUT2D eigenvalue weighted by atomic mass is 10.0. The fourth-order valence-corrected chi connectivity index (χ4v) is 1.41. The summed E-state index contributed by atoms with van der Waals surface area (Å²) in [5.74, 6) is -1.00. The molecule has 2 N–H and O–H groups in total. The molecule has 0 saturated carbocycles. The maximum Gasteiger partial charge on any atom is 0.306 e. The van der Waals surface area contributed by atoms with Gasteiger partial charge in [0.1, 0.15) is 0 Å². The average molecular weight is 259 g/mol. The number of halogens is 1. The Kier molecular flexibility index (Phi) is 3.66. The number of aryl methyl sites for hydroxylation is 1. The van der Waals surface area contributed by atoms with Crippen molar-refractivity contribution in [2.24, 2.45) is 0 Å². The Bertz CT molecular complexity index is 349. The first-order valence-electron chi connectivity index (χ1n) is 4.16. The first-order valence-corrected chi connectivity index (χ1v) is 4.96. The van der Waals surface area contributed by atoms with E-state index in [2.05, 4.69) is 15.9 Å². The summed E-state index contributed by atoms with van der Waals surface area (Å²) in [6.07, 6.45) is -1.19. The predicted octanol–water partition coefficient (Wildman–Crippen LogP) is 2.27. The van der Waals surface area contributed by atoms with Crippen LogP contribution in [0.4, 0.5) is 0 Å². The molecule has 0 amide bonds. The van der Waals surface area contributed by atoms with E-state index in [4.69, 9.17) is 5.11 Å². The number of carboxylic acid groups (broad SMARTS) is 1. The molecule has 0 radical (unpaired) electrons. The summed E-state index contributed by atoms with van der Waals surface area (Å²) < 4.78 is 0.948. The highest BCUT2D eigenvalue weighted by Crippen LogP contribution is 2.22. The third kappa shape index (κ3) is 2.82. The smallest absolute Gasteiger partial charge is 0.306 e. The average Bonchev–Trinajstić information content (AvgIpc) is 2.08. The monoisotopic (exact) mass is 258 g/mol. The first-order chi connectivity index (χ1) is 6.50. The maximum absolute atomic E-state index is 10.4. The van der Waals surface area contributed by atoms with Crippen molar-refractivity contribution in [3.63, 3.8) is 0 Å². The van der Waals surface area contributed by atoms with Gasteiger partial charge in [0.15, 0.2) is 0 Å². The molecule has 1 aromatic carbocycles. The van der Waals surface area contributed by atoms with Crippen molar-refractivity contribution in [3.05, 3.63) is 33.8 Å². The van der Waals surface area contributed by atoms with Crippen LogP contribution < -0.4 is 0 Å². The van der Waals surface area contributed by atoms with Crippen molar-refractivity contribution in [2.75, 3.05) is 0 Å². The number of aliphatic hydroxyl groups excluding tert-OH is 1. The summed E-state index contributed by atoms with van der Waals surface area (Å²) in [5.41, 5.74) is 1.61. The van der Waals surface area contributed by atoms with E-state index in [1.165, 1.54) is 0 Å². The van der Waals surface area contributed by atoms with Gasteiger partial charge >= 0.3 is 5.97 Å². The van der Waals surface area contributed by atoms with Gasteiger partial charge in [-0.3, -0.25) is 4.79 Å². The molecule has 1 rings (SSSR count). The molecular formula is C10H11BrO3. The van der Waals surface area contributed by atoms with Gasteiger partial charge in [-0.15, -0.1) is 0 Å². The third-order valence-corrected chi connectivity index (χ3v) is 2.82. The highest BCUT2D eigenvalue weighted by Gasteiger charge is 2.12. The normalized spacial score (nSPS) is 12.5. The minimum Gasteiger partial charge on any atom is -0.481 e. The molecule has 0 spiro atoms. The molecule has 1 atom stereocenters. The second-order valence-electron chi connectivity index (χ2n) is 3.12. The van der Waals surface area contributed by atoms with E-state index in [1.54, 1.807) is 18.2 Å². The topological polar surface area (TPSA) is 57.5 Å². The number of carboxylic acids is 1. The molecule has 3 nitrogen and oxygen atoms in total. The lowest BCUT2D eigenvalue weighted by Gasteiger charge is -2.09. The molecule has 0 aromatic heterocycles. The van der Waals surface area contributed by atoms with Crippen molar-refractivity contribution in [1.82, 2.24) is 0 Å². The van der Waals surface area contributed by atoms with Crippen molar-refractivity contribution < 1.29 is 15.0 Å². The molecule has 0 bridgehead atoms. The van der Waals surface area contributed by atoms with Gasteiger partial charge in [-0.2, -0.15) is 0 Å². The third-order valence-electron chi connectivity index (χ3n) is 1.93. The Morgan fingerprint density at radius 3 is 2.71 bits per heavy atom. The van der Waals surface area contributed by atoms with Crippen LogP contribution in [-0.4, -0.2) is 16.2 Å². The quantitative estimate of drug-likeness (QED) is 0.875. The van der Waals surface area contributed by atoms with E-state index in [-0.39, 0.29) is 6.42 Å². The van der Waals surface area contributed by atoms with Gasteiger partial charge in [-0.1, -0.05) is 28.1 Å². The summed E-state index contributed by atoms with van der Waals surface area (Å²) in [4.78, 5) is 10.4. The summed E-state index contributed by atoms with van der Waals surface area (Å²) in [6.45, 7) is 1.89. The van der Waals surface area contributed by atoms with Crippen LogP contribution in [0.1, 0.15) is 23.7 Å². The standard InChI is InChI=1S/C10H11BrO3/c1-6-4-7(2-3-8(6)11)9(12)5-10(13)14/h2-4,9,12H,5H2,1H3,(H,13,14)/t9-/m1/s1. The Morgan fingerprint density at radius 2 is 2.21 bits per heavy atom. The molecule has 0 aliphatic rings. The van der Waals surface area contributed by atoms with Gasteiger partial charge in [0.2, 0.25) is 0 Å². The number of hydrogen-bond donors (Lipinski definition) is 2. The fraction of sp³-hybridized carbons (Fsp3) is 0.300. The predicted molar refractivity (Wildman–Crippen MR) is 56.1 cm³/mol. The van der Waals surface area contributed by atoms with E-state index in [9.17, 15) is 9.90 Å². The van der Waals surface area contributed by atoms with Gasteiger partial charge in [-0.05, 0) is 24.1 Å². The van der Waals surface area contributed by atoms with Crippen LogP contribution in [0.5, 0.6) is 0 Å². The first kappa shape index (κ1) is 11.2. The minimum absolute atomic E-state index is 0.263. The summed E-state index contributed by atoms with van der Waals surface area (Å²) >= 11 is 3.33. The van der Waals surface area contributed by atoms with Gasteiger partial charge in [-0.25, -0.2) is 0 Å². The van der Waals surface area contributed by atoms with Gasteiger partial charge in [0.25, 0.3) is 0 Å². The summed E-state index contributed by atoms with van der Waals surface area (Å²) in [6, 6.07) is 5.29. The molecule has 76 valence electrons. The number of aliphatic carboxylic acids is 1. The molecule has 0 fully saturated rings. The molecule has 0 aliphatic heterocycles. The highest BCUT2D eigenvalue weighted by atomic mass is 79.9. The molecule has 14 heavy (non-hydrogen) atoms. The van der Waals surface area contributed by atoms with E-state index in [0.717, 1.165) is 10.0 Å². The number of hydrogen-bond acceptors (Lipinski definition) is 2. The number of carbonyl (C=O) groups is 1.